The smallest absolute Gasteiger partial charge is 0.326 e. The standard InChI is InChI=1S/C22H42N4O5S2/c1-7-14(4)18(26-19(27)15(23)8-10-32-5)21(29)24-16(9-11-33-6)20(28)25-17(22(30)31)12-13(2)3/h13-18H,7-12,23H2,1-6H3,(H,24,29)(H,25,28)(H,26,27)(H,30,31). The van der Waals surface area contributed by atoms with Crippen LogP contribution in [-0.2, 0) is 19.2 Å². The highest BCUT2D eigenvalue weighted by molar-refractivity contribution is 7.98. The lowest BCUT2D eigenvalue weighted by Crippen LogP contribution is -2.58. The van der Waals surface area contributed by atoms with E-state index in [1.165, 1.54) is 11.8 Å². The Kier molecular flexibility index (Phi) is 16.3. The fourth-order valence-corrected chi connectivity index (χ4v) is 4.03. The van der Waals surface area contributed by atoms with Crippen molar-refractivity contribution in [3.63, 3.8) is 0 Å². The van der Waals surface area contributed by atoms with E-state index in [1.54, 1.807) is 11.8 Å². The van der Waals surface area contributed by atoms with Crippen molar-refractivity contribution in [3.8, 4) is 0 Å². The highest BCUT2D eigenvalue weighted by Gasteiger charge is 2.32. The van der Waals surface area contributed by atoms with Gasteiger partial charge in [0.15, 0.2) is 0 Å². The zero-order valence-electron chi connectivity index (χ0n) is 20.7. The van der Waals surface area contributed by atoms with Crippen molar-refractivity contribution in [1.29, 1.82) is 0 Å². The van der Waals surface area contributed by atoms with Gasteiger partial charge in [-0.15, -0.1) is 0 Å². The van der Waals surface area contributed by atoms with E-state index in [2.05, 4.69) is 16.0 Å². The second-order valence-corrected chi connectivity index (χ2v) is 10.6. The van der Waals surface area contributed by atoms with Crippen LogP contribution in [0.25, 0.3) is 0 Å². The van der Waals surface area contributed by atoms with Crippen LogP contribution in [0.15, 0.2) is 0 Å². The number of rotatable bonds is 17. The fraction of sp³-hybridized carbons (Fsp3) is 0.818. The van der Waals surface area contributed by atoms with E-state index in [9.17, 15) is 24.3 Å². The molecule has 33 heavy (non-hydrogen) atoms. The van der Waals surface area contributed by atoms with Crippen molar-refractivity contribution >= 4 is 47.2 Å². The van der Waals surface area contributed by atoms with Gasteiger partial charge in [-0.1, -0.05) is 34.1 Å². The van der Waals surface area contributed by atoms with E-state index in [4.69, 9.17) is 5.73 Å². The molecule has 192 valence electrons. The number of aliphatic carboxylic acids is 1. The van der Waals surface area contributed by atoms with Gasteiger partial charge < -0.3 is 26.8 Å². The summed E-state index contributed by atoms with van der Waals surface area (Å²) in [6.07, 6.45) is 5.55. The Morgan fingerprint density at radius 2 is 1.39 bits per heavy atom. The molecular formula is C22H42N4O5S2. The summed E-state index contributed by atoms with van der Waals surface area (Å²) in [5.41, 5.74) is 5.95. The van der Waals surface area contributed by atoms with E-state index in [0.29, 0.717) is 25.0 Å². The van der Waals surface area contributed by atoms with Gasteiger partial charge >= 0.3 is 5.97 Å². The summed E-state index contributed by atoms with van der Waals surface area (Å²) >= 11 is 3.10. The minimum absolute atomic E-state index is 0.0750. The largest absolute Gasteiger partial charge is 0.480 e. The molecule has 0 aliphatic rings. The maximum absolute atomic E-state index is 13.1. The number of carboxylic acid groups (broad SMARTS) is 1. The van der Waals surface area contributed by atoms with Crippen LogP contribution in [0, 0.1) is 11.8 Å². The van der Waals surface area contributed by atoms with Crippen molar-refractivity contribution in [2.75, 3.05) is 24.0 Å². The maximum Gasteiger partial charge on any atom is 0.326 e. The van der Waals surface area contributed by atoms with Crippen LogP contribution in [0.3, 0.4) is 0 Å². The predicted molar refractivity (Wildman–Crippen MR) is 136 cm³/mol. The molecule has 3 amide bonds. The average Bonchev–Trinajstić information content (AvgIpc) is 2.76. The van der Waals surface area contributed by atoms with E-state index in [1.807, 2.05) is 40.2 Å². The molecule has 11 heteroatoms. The normalized spacial score (nSPS) is 15.8. The number of nitrogens with one attached hydrogen (secondary N) is 3. The number of hydrogen-bond donors (Lipinski definition) is 5. The molecule has 6 N–H and O–H groups in total. The molecule has 0 spiro atoms. The van der Waals surface area contributed by atoms with Crippen molar-refractivity contribution in [1.82, 2.24) is 16.0 Å². The first-order valence-corrected chi connectivity index (χ1v) is 14.1. The minimum atomic E-state index is -1.11. The molecule has 5 unspecified atom stereocenters. The molecule has 9 nitrogen and oxygen atoms in total. The molecule has 5 atom stereocenters. The highest BCUT2D eigenvalue weighted by atomic mass is 32.2. The summed E-state index contributed by atoms with van der Waals surface area (Å²) in [4.78, 5) is 50.1. The lowest BCUT2D eigenvalue weighted by atomic mass is 9.97. The highest BCUT2D eigenvalue weighted by Crippen LogP contribution is 2.11. The van der Waals surface area contributed by atoms with Crippen LogP contribution in [0.4, 0.5) is 0 Å². The number of thioether (sulfide) groups is 2. The van der Waals surface area contributed by atoms with Gasteiger partial charge in [-0.25, -0.2) is 4.79 Å². The van der Waals surface area contributed by atoms with Gasteiger partial charge in [0.2, 0.25) is 17.7 Å². The Balaban J connectivity index is 5.46. The molecule has 0 radical (unpaired) electrons. The first kappa shape index (κ1) is 31.5. The number of carbonyl (C=O) groups is 4. The topological polar surface area (TPSA) is 151 Å². The monoisotopic (exact) mass is 506 g/mol. The number of nitrogens with two attached hydrogens (primary N) is 1. The number of carbonyl (C=O) groups excluding carboxylic acids is 3. The predicted octanol–water partition coefficient (Wildman–Crippen LogP) is 1.45. The zero-order valence-corrected chi connectivity index (χ0v) is 22.3. The maximum atomic E-state index is 13.1. The van der Waals surface area contributed by atoms with E-state index in [-0.39, 0.29) is 18.3 Å². The van der Waals surface area contributed by atoms with Gasteiger partial charge in [-0.05, 0) is 55.1 Å². The molecule has 0 saturated carbocycles. The van der Waals surface area contributed by atoms with Gasteiger partial charge in [0.05, 0.1) is 6.04 Å². The Bertz CT molecular complexity index is 636. The van der Waals surface area contributed by atoms with Gasteiger partial charge in [0.1, 0.15) is 18.1 Å². The summed E-state index contributed by atoms with van der Waals surface area (Å²) in [5.74, 6) is -1.33. The number of carboxylic acids is 1. The number of hydrogen-bond acceptors (Lipinski definition) is 7. The third-order valence-electron chi connectivity index (χ3n) is 5.33. The van der Waals surface area contributed by atoms with Crippen LogP contribution in [-0.4, -0.2) is 77.0 Å². The molecular weight excluding hydrogens is 464 g/mol. The first-order chi connectivity index (χ1) is 15.5. The van der Waals surface area contributed by atoms with Gasteiger partial charge in [-0.2, -0.15) is 23.5 Å². The molecule has 0 aromatic heterocycles. The fourth-order valence-electron chi connectivity index (χ4n) is 3.07. The quantitative estimate of drug-likeness (QED) is 0.199. The van der Waals surface area contributed by atoms with Gasteiger partial charge in [-0.3, -0.25) is 14.4 Å². The molecule has 0 aliphatic heterocycles. The summed E-state index contributed by atoms with van der Waals surface area (Å²) in [6, 6.07) is -3.52. The molecule has 0 aliphatic carbocycles. The van der Waals surface area contributed by atoms with Crippen molar-refractivity contribution in [2.45, 2.75) is 77.5 Å². The lowest BCUT2D eigenvalue weighted by molar-refractivity contribution is -0.142. The van der Waals surface area contributed by atoms with Gasteiger partial charge in [0, 0.05) is 0 Å². The Labute approximate surface area is 206 Å². The molecule has 0 fully saturated rings. The Morgan fingerprint density at radius 3 is 1.88 bits per heavy atom. The van der Waals surface area contributed by atoms with E-state index < -0.39 is 47.9 Å². The SMILES string of the molecule is CCC(C)C(NC(=O)C(N)CCSC)C(=O)NC(CCSC)C(=O)NC(CC(C)C)C(=O)O. The summed E-state index contributed by atoms with van der Waals surface area (Å²) in [5, 5.41) is 17.5. The molecule has 0 saturated heterocycles. The van der Waals surface area contributed by atoms with Crippen LogP contribution < -0.4 is 21.7 Å². The second-order valence-electron chi connectivity index (χ2n) is 8.63. The average molecular weight is 507 g/mol. The van der Waals surface area contributed by atoms with E-state index in [0.717, 1.165) is 5.75 Å². The molecule has 0 rings (SSSR count). The van der Waals surface area contributed by atoms with E-state index >= 15 is 0 Å². The molecule has 0 bridgehead atoms. The zero-order chi connectivity index (χ0) is 25.6. The first-order valence-electron chi connectivity index (χ1n) is 11.4. The van der Waals surface area contributed by atoms with Crippen molar-refractivity contribution < 1.29 is 24.3 Å². The Morgan fingerprint density at radius 1 is 0.848 bits per heavy atom. The lowest BCUT2D eigenvalue weighted by Gasteiger charge is -2.28. The second kappa shape index (κ2) is 17.0. The molecule has 0 aromatic carbocycles. The summed E-state index contributed by atoms with van der Waals surface area (Å²) in [6.45, 7) is 7.50. The van der Waals surface area contributed by atoms with Gasteiger partial charge in [0.25, 0.3) is 0 Å². The molecule has 0 aromatic rings. The number of amides is 3. The third kappa shape index (κ3) is 12.5. The van der Waals surface area contributed by atoms with Crippen molar-refractivity contribution in [2.24, 2.45) is 17.6 Å². The Hall–Kier alpha value is -1.46. The van der Waals surface area contributed by atoms with Crippen molar-refractivity contribution in [3.05, 3.63) is 0 Å². The minimum Gasteiger partial charge on any atom is -0.480 e. The van der Waals surface area contributed by atoms with Crippen LogP contribution >= 0.6 is 23.5 Å². The third-order valence-corrected chi connectivity index (χ3v) is 6.62. The summed E-state index contributed by atoms with van der Waals surface area (Å²) < 4.78 is 0. The van der Waals surface area contributed by atoms with Crippen LogP contribution in [0.5, 0.6) is 0 Å². The van der Waals surface area contributed by atoms with Crippen LogP contribution in [0.2, 0.25) is 0 Å². The summed E-state index contributed by atoms with van der Waals surface area (Å²) in [7, 11) is 0. The van der Waals surface area contributed by atoms with Crippen LogP contribution in [0.1, 0.15) is 53.4 Å². The molecule has 0 heterocycles.